The predicted molar refractivity (Wildman–Crippen MR) is 92.8 cm³/mol. The summed E-state index contributed by atoms with van der Waals surface area (Å²) in [6.45, 7) is 9.26. The van der Waals surface area contributed by atoms with E-state index in [2.05, 4.69) is 30.7 Å². The molecule has 0 aliphatic heterocycles. The molecule has 0 aliphatic carbocycles. The molecule has 2 N–H and O–H groups in total. The van der Waals surface area contributed by atoms with Crippen LogP contribution in [0.25, 0.3) is 0 Å². The third-order valence-corrected chi connectivity index (χ3v) is 3.12. The Kier molecular flexibility index (Phi) is 17.0. The normalized spacial score (nSPS) is 11.2. The zero-order valence-electron chi connectivity index (χ0n) is 12.5. The van der Waals surface area contributed by atoms with Crippen molar-refractivity contribution in [2.45, 2.75) is 65.7 Å². The summed E-state index contributed by atoms with van der Waals surface area (Å²) in [6.07, 6.45) is 9.29. The Morgan fingerprint density at radius 3 is 1.89 bits per heavy atom. The molecular weight excluding hydrogens is 337 g/mol. The molecule has 4 heteroatoms. The van der Waals surface area contributed by atoms with Crippen LogP contribution in [0.3, 0.4) is 0 Å². The summed E-state index contributed by atoms with van der Waals surface area (Å²) in [4.78, 5) is 6.52. The van der Waals surface area contributed by atoms with Crippen LogP contribution < -0.4 is 5.73 Å². The standard InChI is InChI=1S/C14H31N3.HI/c1-4-7-8-9-10-11-12-13-16-14(15)17(5-2)6-3;/h4-13H2,1-3H3,(H2,15,16);1H. The molecule has 0 amide bonds. The molecule has 0 unspecified atom stereocenters. The number of nitrogens with two attached hydrogens (primary N) is 1. The second kappa shape index (κ2) is 15.1. The number of hydrogen-bond donors (Lipinski definition) is 1. The molecule has 0 radical (unpaired) electrons. The minimum atomic E-state index is 0. The van der Waals surface area contributed by atoms with Crippen LogP contribution in [0.1, 0.15) is 65.7 Å². The van der Waals surface area contributed by atoms with Gasteiger partial charge in [0, 0.05) is 19.6 Å². The maximum absolute atomic E-state index is 5.90. The SMILES string of the molecule is CCCCCCCCCN=C(N)N(CC)CC.I. The summed E-state index contributed by atoms with van der Waals surface area (Å²) >= 11 is 0. The number of hydrogen-bond acceptors (Lipinski definition) is 1. The number of nitrogens with zero attached hydrogens (tertiary/aromatic N) is 2. The molecule has 0 aliphatic rings. The molecule has 0 aromatic heterocycles. The quantitative estimate of drug-likeness (QED) is 0.274. The van der Waals surface area contributed by atoms with Crippen molar-refractivity contribution in [2.75, 3.05) is 19.6 Å². The van der Waals surface area contributed by atoms with E-state index in [4.69, 9.17) is 5.73 Å². The van der Waals surface area contributed by atoms with E-state index in [0.29, 0.717) is 5.96 Å². The highest BCUT2D eigenvalue weighted by Crippen LogP contribution is 2.06. The summed E-state index contributed by atoms with van der Waals surface area (Å²) in [6, 6.07) is 0. The second-order valence-corrected chi connectivity index (χ2v) is 4.53. The van der Waals surface area contributed by atoms with Gasteiger partial charge in [-0.15, -0.1) is 24.0 Å². The highest BCUT2D eigenvalue weighted by atomic mass is 127. The van der Waals surface area contributed by atoms with Crippen LogP contribution in [-0.2, 0) is 0 Å². The molecule has 18 heavy (non-hydrogen) atoms. The van der Waals surface area contributed by atoms with Crippen LogP contribution in [0.4, 0.5) is 0 Å². The maximum Gasteiger partial charge on any atom is 0.191 e. The van der Waals surface area contributed by atoms with E-state index in [1.807, 2.05) is 0 Å². The van der Waals surface area contributed by atoms with Gasteiger partial charge in [0.15, 0.2) is 5.96 Å². The highest BCUT2D eigenvalue weighted by molar-refractivity contribution is 14.0. The van der Waals surface area contributed by atoms with E-state index in [-0.39, 0.29) is 24.0 Å². The fraction of sp³-hybridized carbons (Fsp3) is 0.929. The number of aliphatic imine (C=N–C) groups is 1. The molecule has 0 aromatic rings. The van der Waals surface area contributed by atoms with Crippen LogP contribution in [-0.4, -0.2) is 30.5 Å². The molecule has 0 heterocycles. The van der Waals surface area contributed by atoms with Crippen LogP contribution in [0.15, 0.2) is 4.99 Å². The molecular formula is C14H32IN3. The lowest BCUT2D eigenvalue weighted by Gasteiger charge is -2.19. The van der Waals surface area contributed by atoms with E-state index in [0.717, 1.165) is 19.6 Å². The molecule has 0 saturated carbocycles. The van der Waals surface area contributed by atoms with Gasteiger partial charge in [-0.25, -0.2) is 0 Å². The summed E-state index contributed by atoms with van der Waals surface area (Å²) in [5.41, 5.74) is 5.90. The van der Waals surface area contributed by atoms with Crippen molar-refractivity contribution in [3.8, 4) is 0 Å². The van der Waals surface area contributed by atoms with Crippen molar-refractivity contribution in [3.63, 3.8) is 0 Å². The van der Waals surface area contributed by atoms with E-state index in [9.17, 15) is 0 Å². The third kappa shape index (κ3) is 11.1. The Morgan fingerprint density at radius 2 is 1.39 bits per heavy atom. The summed E-state index contributed by atoms with van der Waals surface area (Å²) in [7, 11) is 0. The van der Waals surface area contributed by atoms with Gasteiger partial charge in [0.05, 0.1) is 0 Å². The Balaban J connectivity index is 0. The Morgan fingerprint density at radius 1 is 0.889 bits per heavy atom. The molecule has 0 bridgehead atoms. The van der Waals surface area contributed by atoms with Gasteiger partial charge in [0.2, 0.25) is 0 Å². The topological polar surface area (TPSA) is 41.6 Å². The van der Waals surface area contributed by atoms with Crippen molar-refractivity contribution in [3.05, 3.63) is 0 Å². The zero-order valence-corrected chi connectivity index (χ0v) is 14.8. The zero-order chi connectivity index (χ0) is 12.9. The minimum Gasteiger partial charge on any atom is -0.370 e. The monoisotopic (exact) mass is 369 g/mol. The van der Waals surface area contributed by atoms with Crippen molar-refractivity contribution in [2.24, 2.45) is 10.7 Å². The van der Waals surface area contributed by atoms with Gasteiger partial charge in [0.25, 0.3) is 0 Å². The van der Waals surface area contributed by atoms with E-state index < -0.39 is 0 Å². The van der Waals surface area contributed by atoms with Gasteiger partial charge in [-0.05, 0) is 20.3 Å². The number of halogens is 1. The molecule has 0 aromatic carbocycles. The largest absolute Gasteiger partial charge is 0.370 e. The van der Waals surface area contributed by atoms with Crippen LogP contribution in [0, 0.1) is 0 Å². The fourth-order valence-electron chi connectivity index (χ4n) is 1.91. The minimum absolute atomic E-state index is 0. The Hall–Kier alpha value is 0. The summed E-state index contributed by atoms with van der Waals surface area (Å²) in [5.74, 6) is 0.709. The molecule has 0 saturated heterocycles. The van der Waals surface area contributed by atoms with E-state index in [1.165, 1.54) is 44.9 Å². The predicted octanol–water partition coefficient (Wildman–Crippen LogP) is 4.01. The Labute approximate surface area is 131 Å². The lowest BCUT2D eigenvalue weighted by atomic mass is 10.1. The number of unbranched alkanes of at least 4 members (excludes halogenated alkanes) is 6. The first-order valence-corrected chi connectivity index (χ1v) is 7.31. The van der Waals surface area contributed by atoms with Gasteiger partial charge in [-0.3, -0.25) is 4.99 Å². The number of rotatable bonds is 10. The first-order chi connectivity index (χ1) is 8.26. The van der Waals surface area contributed by atoms with Gasteiger partial charge >= 0.3 is 0 Å². The van der Waals surface area contributed by atoms with Crippen LogP contribution in [0.5, 0.6) is 0 Å². The average molecular weight is 369 g/mol. The molecule has 3 nitrogen and oxygen atoms in total. The second-order valence-electron chi connectivity index (χ2n) is 4.53. The third-order valence-electron chi connectivity index (χ3n) is 3.12. The fourth-order valence-corrected chi connectivity index (χ4v) is 1.91. The average Bonchev–Trinajstić information content (AvgIpc) is 2.34. The lowest BCUT2D eigenvalue weighted by Crippen LogP contribution is -2.37. The number of guanidine groups is 1. The van der Waals surface area contributed by atoms with Gasteiger partial charge in [0.1, 0.15) is 0 Å². The van der Waals surface area contributed by atoms with Crippen LogP contribution in [0.2, 0.25) is 0 Å². The smallest absolute Gasteiger partial charge is 0.191 e. The van der Waals surface area contributed by atoms with Crippen molar-refractivity contribution in [1.82, 2.24) is 4.90 Å². The molecule has 0 rings (SSSR count). The highest BCUT2D eigenvalue weighted by Gasteiger charge is 2.00. The van der Waals surface area contributed by atoms with Crippen molar-refractivity contribution < 1.29 is 0 Å². The van der Waals surface area contributed by atoms with E-state index >= 15 is 0 Å². The molecule has 0 atom stereocenters. The lowest BCUT2D eigenvalue weighted by molar-refractivity contribution is 0.457. The van der Waals surface area contributed by atoms with Crippen LogP contribution >= 0.6 is 24.0 Å². The van der Waals surface area contributed by atoms with Crippen molar-refractivity contribution in [1.29, 1.82) is 0 Å². The van der Waals surface area contributed by atoms with Crippen molar-refractivity contribution >= 4 is 29.9 Å². The summed E-state index contributed by atoms with van der Waals surface area (Å²) in [5, 5.41) is 0. The molecule has 0 fully saturated rings. The first-order valence-electron chi connectivity index (χ1n) is 7.31. The van der Waals surface area contributed by atoms with Gasteiger partial charge in [-0.1, -0.05) is 45.4 Å². The molecule has 110 valence electrons. The van der Waals surface area contributed by atoms with Gasteiger partial charge < -0.3 is 10.6 Å². The summed E-state index contributed by atoms with van der Waals surface area (Å²) < 4.78 is 0. The van der Waals surface area contributed by atoms with E-state index in [1.54, 1.807) is 0 Å². The molecule has 0 spiro atoms. The Bertz CT molecular complexity index is 191. The first kappa shape index (κ1) is 20.3. The maximum atomic E-state index is 5.90. The van der Waals surface area contributed by atoms with Gasteiger partial charge in [-0.2, -0.15) is 0 Å².